The largest absolute Gasteiger partial charge is 0.391 e. The van der Waals surface area contributed by atoms with Gasteiger partial charge in [0.25, 0.3) is 5.91 Å². The van der Waals surface area contributed by atoms with Crippen LogP contribution in [0.1, 0.15) is 44.5 Å². The lowest BCUT2D eigenvalue weighted by Gasteiger charge is -2.32. The van der Waals surface area contributed by atoms with E-state index < -0.39 is 29.9 Å². The van der Waals surface area contributed by atoms with Crippen LogP contribution in [0.3, 0.4) is 0 Å². The van der Waals surface area contributed by atoms with E-state index in [1.807, 2.05) is 20.8 Å². The van der Waals surface area contributed by atoms with Crippen molar-refractivity contribution < 1.29 is 27.1 Å². The number of hydrogen-bond donors (Lipinski definition) is 1. The summed E-state index contributed by atoms with van der Waals surface area (Å²) in [5.41, 5.74) is -1.75. The number of hydrogen-bond acceptors (Lipinski definition) is 3. The Labute approximate surface area is 161 Å². The number of carbonyl (C=O) groups excluding carboxylic acids is 1. The maximum Gasteiger partial charge on any atom is 0.391 e. The first-order valence-electron chi connectivity index (χ1n) is 8.79. The van der Waals surface area contributed by atoms with Crippen LogP contribution in [0.25, 0.3) is 10.9 Å². The molecule has 0 fully saturated rings. The van der Waals surface area contributed by atoms with Crippen LogP contribution in [0.15, 0.2) is 30.5 Å². The Morgan fingerprint density at radius 2 is 1.82 bits per heavy atom. The van der Waals surface area contributed by atoms with E-state index >= 15 is 0 Å². The normalized spacial score (nSPS) is 14.7. The summed E-state index contributed by atoms with van der Waals surface area (Å²) in [6.07, 6.45) is -4.59. The van der Waals surface area contributed by atoms with Crippen LogP contribution in [0.4, 0.5) is 17.6 Å². The van der Waals surface area contributed by atoms with E-state index in [9.17, 15) is 22.4 Å². The number of halogens is 4. The van der Waals surface area contributed by atoms with Crippen molar-refractivity contribution in [1.82, 2.24) is 10.3 Å². The fourth-order valence-electron chi connectivity index (χ4n) is 2.75. The third kappa shape index (κ3) is 6.44. The van der Waals surface area contributed by atoms with Gasteiger partial charge in [0, 0.05) is 11.6 Å². The van der Waals surface area contributed by atoms with Crippen LogP contribution in [0.5, 0.6) is 0 Å². The molecule has 8 heteroatoms. The van der Waals surface area contributed by atoms with Gasteiger partial charge in [0.05, 0.1) is 30.7 Å². The number of ether oxygens (including phenoxy) is 1. The molecule has 0 saturated heterocycles. The molecule has 1 aromatic carbocycles. The second kappa shape index (κ2) is 8.03. The van der Waals surface area contributed by atoms with Crippen LogP contribution in [0, 0.1) is 11.2 Å². The molecule has 154 valence electrons. The Bertz CT molecular complexity index is 846. The minimum absolute atomic E-state index is 0.0438. The Balaban J connectivity index is 2.21. The maximum atomic E-state index is 13.7. The summed E-state index contributed by atoms with van der Waals surface area (Å²) in [6.45, 7) is 6.92. The number of nitrogens with zero attached hydrogens (tertiary/aromatic N) is 1. The van der Waals surface area contributed by atoms with Gasteiger partial charge in [-0.3, -0.25) is 9.78 Å². The van der Waals surface area contributed by atoms with Crippen LogP contribution in [-0.2, 0) is 4.74 Å². The molecule has 1 atom stereocenters. The quantitative estimate of drug-likeness (QED) is 0.704. The van der Waals surface area contributed by atoms with Gasteiger partial charge in [-0.2, -0.15) is 13.2 Å². The number of fused-ring (bicyclic) bond motifs is 1. The molecule has 0 saturated carbocycles. The molecule has 28 heavy (non-hydrogen) atoms. The molecule has 0 aliphatic carbocycles. The zero-order valence-electron chi connectivity index (χ0n) is 16.3. The fourth-order valence-corrected chi connectivity index (χ4v) is 2.75. The van der Waals surface area contributed by atoms with E-state index in [0.717, 1.165) is 6.20 Å². The van der Waals surface area contributed by atoms with Crippen LogP contribution in [0.2, 0.25) is 0 Å². The molecule has 1 amide bonds. The number of aromatic nitrogens is 1. The zero-order chi connectivity index (χ0) is 21.2. The number of carbonyl (C=O) groups is 1. The molecular weight excluding hydrogens is 376 g/mol. The Morgan fingerprint density at radius 3 is 2.43 bits per heavy atom. The summed E-state index contributed by atoms with van der Waals surface area (Å²) in [6, 6.07) is 5.67. The average molecular weight is 400 g/mol. The van der Waals surface area contributed by atoms with Crippen LogP contribution >= 0.6 is 0 Å². The van der Waals surface area contributed by atoms with Crippen LogP contribution in [-0.4, -0.2) is 35.8 Å². The first-order chi connectivity index (χ1) is 12.8. The highest BCUT2D eigenvalue weighted by molar-refractivity contribution is 5.97. The summed E-state index contributed by atoms with van der Waals surface area (Å²) in [7, 11) is 0. The molecule has 0 aliphatic heterocycles. The van der Waals surface area contributed by atoms with Crippen molar-refractivity contribution in [1.29, 1.82) is 0 Å². The Hall–Kier alpha value is -2.22. The van der Waals surface area contributed by atoms with Gasteiger partial charge < -0.3 is 10.1 Å². The molecule has 1 N–H and O–H groups in total. The van der Waals surface area contributed by atoms with E-state index in [0.29, 0.717) is 5.39 Å². The van der Waals surface area contributed by atoms with Gasteiger partial charge in [-0.1, -0.05) is 32.9 Å². The molecule has 1 unspecified atom stereocenters. The molecule has 4 nitrogen and oxygen atoms in total. The highest BCUT2D eigenvalue weighted by atomic mass is 19.4. The molecule has 2 rings (SSSR count). The van der Waals surface area contributed by atoms with E-state index in [4.69, 9.17) is 4.74 Å². The Morgan fingerprint density at radius 1 is 1.14 bits per heavy atom. The molecular formula is C20H24F4N2O2. The van der Waals surface area contributed by atoms with E-state index in [-0.39, 0.29) is 29.7 Å². The standard InChI is InChI=1S/C20H24F4N2O2/c1-18(2,3)11-28-12-19(4,10-20(22,23)24)26-17(27)14-8-13-6-5-7-15(21)16(13)25-9-14/h5-9H,10-12H2,1-4H3,(H,26,27). The molecule has 0 radical (unpaired) electrons. The summed E-state index contributed by atoms with van der Waals surface area (Å²) in [5, 5.41) is 2.80. The minimum Gasteiger partial charge on any atom is -0.378 e. The van der Waals surface area contributed by atoms with Gasteiger partial charge in [-0.25, -0.2) is 4.39 Å². The smallest absolute Gasteiger partial charge is 0.378 e. The van der Waals surface area contributed by atoms with Gasteiger partial charge in [0.15, 0.2) is 0 Å². The van der Waals surface area contributed by atoms with Crippen molar-refractivity contribution in [3.05, 3.63) is 41.8 Å². The predicted molar refractivity (Wildman–Crippen MR) is 98.5 cm³/mol. The number of para-hydroxylation sites is 1. The SMILES string of the molecule is CC(C)(C)COCC(C)(CC(F)(F)F)NC(=O)c1cnc2c(F)cccc2c1. The molecule has 0 aliphatic rings. The fraction of sp³-hybridized carbons (Fsp3) is 0.500. The van der Waals surface area contributed by atoms with Crippen molar-refractivity contribution in [3.63, 3.8) is 0 Å². The summed E-state index contributed by atoms with van der Waals surface area (Å²) >= 11 is 0. The second-order valence-corrected chi connectivity index (χ2v) is 8.40. The second-order valence-electron chi connectivity index (χ2n) is 8.40. The maximum absolute atomic E-state index is 13.7. The zero-order valence-corrected chi connectivity index (χ0v) is 16.3. The summed E-state index contributed by atoms with van der Waals surface area (Å²) in [5.74, 6) is -1.27. The van der Waals surface area contributed by atoms with Crippen molar-refractivity contribution in [2.75, 3.05) is 13.2 Å². The highest BCUT2D eigenvalue weighted by Gasteiger charge is 2.41. The summed E-state index contributed by atoms with van der Waals surface area (Å²) in [4.78, 5) is 16.5. The number of pyridine rings is 1. The van der Waals surface area contributed by atoms with Crippen molar-refractivity contribution in [2.24, 2.45) is 5.41 Å². The first-order valence-corrected chi connectivity index (χ1v) is 8.79. The third-order valence-electron chi connectivity index (χ3n) is 3.89. The van der Waals surface area contributed by atoms with Gasteiger partial charge >= 0.3 is 6.18 Å². The topological polar surface area (TPSA) is 51.2 Å². The highest BCUT2D eigenvalue weighted by Crippen LogP contribution is 2.29. The lowest BCUT2D eigenvalue weighted by molar-refractivity contribution is -0.154. The molecule has 0 bridgehead atoms. The Kier molecular flexibility index (Phi) is 6.33. The van der Waals surface area contributed by atoms with Gasteiger partial charge in [0.1, 0.15) is 11.3 Å². The number of nitrogens with one attached hydrogen (secondary N) is 1. The number of alkyl halides is 3. The summed E-state index contributed by atoms with van der Waals surface area (Å²) < 4.78 is 58.3. The molecule has 0 spiro atoms. The molecule has 2 aromatic rings. The van der Waals surface area contributed by atoms with Gasteiger partial charge in [-0.05, 0) is 24.5 Å². The molecule has 1 aromatic heterocycles. The minimum atomic E-state index is -4.49. The van der Waals surface area contributed by atoms with E-state index in [2.05, 4.69) is 10.3 Å². The van der Waals surface area contributed by atoms with Crippen LogP contribution < -0.4 is 5.32 Å². The first kappa shape index (κ1) is 22.1. The van der Waals surface area contributed by atoms with Crippen molar-refractivity contribution >= 4 is 16.8 Å². The number of benzene rings is 1. The lowest BCUT2D eigenvalue weighted by Crippen LogP contribution is -2.52. The van der Waals surface area contributed by atoms with Crippen molar-refractivity contribution in [2.45, 2.75) is 45.8 Å². The van der Waals surface area contributed by atoms with Crippen molar-refractivity contribution in [3.8, 4) is 0 Å². The number of amides is 1. The average Bonchev–Trinajstić information content (AvgIpc) is 2.51. The predicted octanol–water partition coefficient (Wildman–Crippen LogP) is 4.88. The monoisotopic (exact) mass is 400 g/mol. The van der Waals surface area contributed by atoms with Gasteiger partial charge in [0.2, 0.25) is 0 Å². The van der Waals surface area contributed by atoms with E-state index in [1.54, 1.807) is 6.07 Å². The lowest BCUT2D eigenvalue weighted by atomic mass is 9.96. The van der Waals surface area contributed by atoms with Gasteiger partial charge in [-0.15, -0.1) is 0 Å². The third-order valence-corrected chi connectivity index (χ3v) is 3.89. The number of rotatable bonds is 6. The van der Waals surface area contributed by atoms with E-state index in [1.165, 1.54) is 25.1 Å². The molecule has 1 heterocycles.